The molecule has 1 heterocycles. The Kier molecular flexibility index (Phi) is 4.85. The van der Waals surface area contributed by atoms with Crippen LogP contribution >= 0.6 is 0 Å². The molecule has 118 valence electrons. The predicted octanol–water partition coefficient (Wildman–Crippen LogP) is 0.860. The van der Waals surface area contributed by atoms with Gasteiger partial charge in [0, 0.05) is 19.5 Å². The van der Waals surface area contributed by atoms with Gasteiger partial charge in [-0.05, 0) is 24.7 Å². The highest BCUT2D eigenvalue weighted by Gasteiger charge is 2.38. The third-order valence-corrected chi connectivity index (χ3v) is 4.54. The Labute approximate surface area is 124 Å². The van der Waals surface area contributed by atoms with Gasteiger partial charge in [-0.15, -0.1) is 0 Å². The van der Waals surface area contributed by atoms with E-state index in [2.05, 4.69) is 5.32 Å². The molecule has 6 heteroatoms. The van der Waals surface area contributed by atoms with Crippen molar-refractivity contribution in [2.75, 3.05) is 13.1 Å². The summed E-state index contributed by atoms with van der Waals surface area (Å²) >= 11 is 0. The maximum atomic E-state index is 12.2. The van der Waals surface area contributed by atoms with E-state index in [1.54, 1.807) is 11.8 Å². The Hall–Kier alpha value is -1.59. The minimum Gasteiger partial charge on any atom is -0.480 e. The van der Waals surface area contributed by atoms with Crippen LogP contribution in [0.15, 0.2) is 0 Å². The molecular weight excluding hydrogens is 272 g/mol. The molecule has 2 amide bonds. The molecule has 0 bridgehead atoms. The van der Waals surface area contributed by atoms with Gasteiger partial charge >= 0.3 is 5.97 Å². The van der Waals surface area contributed by atoms with Gasteiger partial charge in [0.15, 0.2) is 0 Å². The monoisotopic (exact) mass is 296 g/mol. The van der Waals surface area contributed by atoms with Crippen LogP contribution in [0.3, 0.4) is 0 Å². The summed E-state index contributed by atoms with van der Waals surface area (Å²) in [6.45, 7) is 4.87. The van der Waals surface area contributed by atoms with Crippen molar-refractivity contribution < 1.29 is 19.5 Å². The highest BCUT2D eigenvalue weighted by molar-refractivity contribution is 5.91. The summed E-state index contributed by atoms with van der Waals surface area (Å²) in [5.41, 5.74) is 0. The standard InChI is InChI=1S/C15H24N2O4/c1-3-9(2)13(15(20)21)16-14(19)11-6-12(18)17(8-11)7-10-4-5-10/h9-11,13H,3-8H2,1-2H3,(H,16,19)(H,20,21)/t9?,11?,13-/m0/s1. The number of hydrogen-bond acceptors (Lipinski definition) is 3. The maximum absolute atomic E-state index is 12.2. The van der Waals surface area contributed by atoms with E-state index in [1.807, 2.05) is 6.92 Å². The van der Waals surface area contributed by atoms with Crippen molar-refractivity contribution in [1.82, 2.24) is 10.2 Å². The van der Waals surface area contributed by atoms with Crippen molar-refractivity contribution in [3.8, 4) is 0 Å². The third-order valence-electron chi connectivity index (χ3n) is 4.54. The molecule has 21 heavy (non-hydrogen) atoms. The van der Waals surface area contributed by atoms with Crippen LogP contribution in [0.1, 0.15) is 39.5 Å². The van der Waals surface area contributed by atoms with Crippen LogP contribution in [-0.2, 0) is 14.4 Å². The van der Waals surface area contributed by atoms with Crippen LogP contribution in [0, 0.1) is 17.8 Å². The Morgan fingerprint density at radius 3 is 2.62 bits per heavy atom. The molecule has 2 rings (SSSR count). The number of carbonyl (C=O) groups is 3. The van der Waals surface area contributed by atoms with E-state index < -0.39 is 17.9 Å². The summed E-state index contributed by atoms with van der Waals surface area (Å²) in [5.74, 6) is -1.26. The number of likely N-dealkylation sites (tertiary alicyclic amines) is 1. The molecule has 1 saturated heterocycles. The molecule has 0 radical (unpaired) electrons. The van der Waals surface area contributed by atoms with Crippen molar-refractivity contribution in [2.45, 2.75) is 45.6 Å². The molecular formula is C15H24N2O4. The van der Waals surface area contributed by atoms with Gasteiger partial charge in [-0.3, -0.25) is 9.59 Å². The second-order valence-electron chi connectivity index (χ2n) is 6.35. The number of carboxylic acids is 1. The molecule has 1 saturated carbocycles. The van der Waals surface area contributed by atoms with E-state index in [4.69, 9.17) is 0 Å². The number of aliphatic carboxylic acids is 1. The number of nitrogens with zero attached hydrogens (tertiary/aromatic N) is 1. The lowest BCUT2D eigenvalue weighted by molar-refractivity contribution is -0.143. The fourth-order valence-corrected chi connectivity index (χ4v) is 2.69. The van der Waals surface area contributed by atoms with E-state index in [9.17, 15) is 19.5 Å². The van der Waals surface area contributed by atoms with Crippen molar-refractivity contribution in [3.63, 3.8) is 0 Å². The van der Waals surface area contributed by atoms with Crippen LogP contribution in [0.5, 0.6) is 0 Å². The zero-order chi connectivity index (χ0) is 15.6. The molecule has 6 nitrogen and oxygen atoms in total. The van der Waals surface area contributed by atoms with Gasteiger partial charge < -0.3 is 15.3 Å². The molecule has 0 aromatic carbocycles. The van der Waals surface area contributed by atoms with Gasteiger partial charge in [-0.1, -0.05) is 20.3 Å². The van der Waals surface area contributed by atoms with Crippen molar-refractivity contribution >= 4 is 17.8 Å². The maximum Gasteiger partial charge on any atom is 0.326 e. The molecule has 0 spiro atoms. The van der Waals surface area contributed by atoms with E-state index in [0.717, 1.165) is 19.4 Å². The van der Waals surface area contributed by atoms with Gasteiger partial charge in [-0.2, -0.15) is 0 Å². The first-order valence-electron chi connectivity index (χ1n) is 7.73. The summed E-state index contributed by atoms with van der Waals surface area (Å²) in [6, 6.07) is -0.880. The lowest BCUT2D eigenvalue weighted by Gasteiger charge is -2.22. The van der Waals surface area contributed by atoms with Gasteiger partial charge in [0.1, 0.15) is 6.04 Å². The quantitative estimate of drug-likeness (QED) is 0.729. The van der Waals surface area contributed by atoms with Crippen LogP contribution < -0.4 is 5.32 Å². The number of nitrogens with one attached hydrogen (secondary N) is 1. The van der Waals surface area contributed by atoms with E-state index in [-0.39, 0.29) is 24.2 Å². The number of rotatable bonds is 7. The zero-order valence-corrected chi connectivity index (χ0v) is 12.7. The molecule has 2 fully saturated rings. The van der Waals surface area contributed by atoms with Gasteiger partial charge in [-0.25, -0.2) is 4.79 Å². The first kappa shape index (κ1) is 15.8. The Balaban J connectivity index is 1.90. The molecule has 2 N–H and O–H groups in total. The molecule has 1 aliphatic heterocycles. The minimum absolute atomic E-state index is 0.0115. The highest BCUT2D eigenvalue weighted by Crippen LogP contribution is 2.32. The summed E-state index contributed by atoms with van der Waals surface area (Å²) in [7, 11) is 0. The summed E-state index contributed by atoms with van der Waals surface area (Å²) < 4.78 is 0. The molecule has 2 aliphatic rings. The lowest BCUT2D eigenvalue weighted by atomic mass is 9.98. The van der Waals surface area contributed by atoms with Crippen LogP contribution in [0.25, 0.3) is 0 Å². The van der Waals surface area contributed by atoms with Crippen molar-refractivity contribution in [1.29, 1.82) is 0 Å². The molecule has 0 aromatic rings. The Morgan fingerprint density at radius 1 is 1.43 bits per heavy atom. The van der Waals surface area contributed by atoms with Crippen molar-refractivity contribution in [3.05, 3.63) is 0 Å². The second kappa shape index (κ2) is 6.45. The Morgan fingerprint density at radius 2 is 2.10 bits per heavy atom. The van der Waals surface area contributed by atoms with Crippen LogP contribution in [0.2, 0.25) is 0 Å². The number of hydrogen-bond donors (Lipinski definition) is 2. The summed E-state index contributed by atoms with van der Waals surface area (Å²) in [5, 5.41) is 11.8. The number of carboxylic acid groups (broad SMARTS) is 1. The number of amides is 2. The average molecular weight is 296 g/mol. The van der Waals surface area contributed by atoms with Gasteiger partial charge in [0.2, 0.25) is 11.8 Å². The first-order chi connectivity index (χ1) is 9.92. The predicted molar refractivity (Wildman–Crippen MR) is 76.4 cm³/mol. The largest absolute Gasteiger partial charge is 0.480 e. The zero-order valence-electron chi connectivity index (χ0n) is 12.7. The van der Waals surface area contributed by atoms with Gasteiger partial charge in [0.25, 0.3) is 0 Å². The fraction of sp³-hybridized carbons (Fsp3) is 0.800. The molecule has 1 aliphatic carbocycles. The minimum atomic E-state index is -1.02. The molecule has 2 unspecified atom stereocenters. The second-order valence-corrected chi connectivity index (χ2v) is 6.35. The summed E-state index contributed by atoms with van der Waals surface area (Å²) in [6.07, 6.45) is 3.20. The Bertz CT molecular complexity index is 433. The van der Waals surface area contributed by atoms with E-state index in [1.165, 1.54) is 0 Å². The topological polar surface area (TPSA) is 86.7 Å². The highest BCUT2D eigenvalue weighted by atomic mass is 16.4. The fourth-order valence-electron chi connectivity index (χ4n) is 2.69. The smallest absolute Gasteiger partial charge is 0.326 e. The SMILES string of the molecule is CCC(C)[C@H](NC(=O)C1CC(=O)N(CC2CC2)C1)C(=O)O. The first-order valence-corrected chi connectivity index (χ1v) is 7.73. The normalized spacial score (nSPS) is 24.8. The summed E-state index contributed by atoms with van der Waals surface area (Å²) in [4.78, 5) is 37.1. The lowest BCUT2D eigenvalue weighted by Crippen LogP contribution is -2.47. The van der Waals surface area contributed by atoms with Crippen LogP contribution in [0.4, 0.5) is 0 Å². The molecule has 3 atom stereocenters. The number of carbonyl (C=O) groups excluding carboxylic acids is 2. The van der Waals surface area contributed by atoms with Crippen molar-refractivity contribution in [2.24, 2.45) is 17.8 Å². The van der Waals surface area contributed by atoms with Crippen LogP contribution in [-0.4, -0.2) is 46.9 Å². The van der Waals surface area contributed by atoms with Gasteiger partial charge in [0.05, 0.1) is 5.92 Å². The van der Waals surface area contributed by atoms with E-state index >= 15 is 0 Å². The third kappa shape index (κ3) is 3.95. The average Bonchev–Trinajstić information content (AvgIpc) is 3.18. The van der Waals surface area contributed by atoms with E-state index in [0.29, 0.717) is 18.9 Å². The molecule has 0 aromatic heterocycles.